The Balaban J connectivity index is 1.96. The van der Waals surface area contributed by atoms with Gasteiger partial charge in [-0.25, -0.2) is 0 Å². The van der Waals surface area contributed by atoms with Crippen molar-refractivity contribution >= 4 is 40.1 Å². The van der Waals surface area contributed by atoms with E-state index in [1.807, 2.05) is 26.0 Å². The smallest absolute Gasteiger partial charge is 0.250 e. The second kappa shape index (κ2) is 6.63. The minimum Gasteiger partial charge on any atom is -0.297 e. The quantitative estimate of drug-likeness (QED) is 0.870. The number of nitrogens with one attached hydrogen (secondary N) is 1. The monoisotopic (exact) mass is 307 g/mol. The number of aromatic nitrogens is 2. The van der Waals surface area contributed by atoms with Gasteiger partial charge in [0.1, 0.15) is 5.01 Å². The first-order chi connectivity index (χ1) is 9.54. The van der Waals surface area contributed by atoms with E-state index in [1.165, 1.54) is 17.4 Å². The summed E-state index contributed by atoms with van der Waals surface area (Å²) in [5, 5.41) is 12.7. The number of nitrogens with zero attached hydrogens (tertiary/aromatic N) is 2. The van der Waals surface area contributed by atoms with Gasteiger partial charge in [-0.15, -0.1) is 10.2 Å². The Labute approximate surface area is 126 Å². The van der Waals surface area contributed by atoms with Crippen LogP contribution in [-0.2, 0) is 4.79 Å². The number of hydrogen-bond acceptors (Lipinski definition) is 4. The lowest BCUT2D eigenvalue weighted by atomic mass is 10.2. The van der Waals surface area contributed by atoms with E-state index in [9.17, 15) is 4.79 Å². The fraction of sp³-hybridized carbons (Fsp3) is 0.214. The van der Waals surface area contributed by atoms with Crippen LogP contribution < -0.4 is 5.32 Å². The van der Waals surface area contributed by atoms with Crippen LogP contribution in [0.15, 0.2) is 30.3 Å². The molecule has 2 rings (SSSR count). The first-order valence-electron chi connectivity index (χ1n) is 6.12. The maximum Gasteiger partial charge on any atom is 0.250 e. The third-order valence-corrected chi connectivity index (χ3v) is 3.85. The molecule has 6 heteroatoms. The van der Waals surface area contributed by atoms with E-state index in [0.29, 0.717) is 16.1 Å². The van der Waals surface area contributed by atoms with Gasteiger partial charge in [-0.3, -0.25) is 10.1 Å². The minimum atomic E-state index is -0.230. The first kappa shape index (κ1) is 14.7. The summed E-state index contributed by atoms with van der Waals surface area (Å²) in [7, 11) is 0. The molecular formula is C14H14ClN3OS. The largest absolute Gasteiger partial charge is 0.297 e. The van der Waals surface area contributed by atoms with E-state index in [2.05, 4.69) is 15.5 Å². The van der Waals surface area contributed by atoms with Crippen molar-refractivity contribution in [2.75, 3.05) is 5.32 Å². The lowest BCUT2D eigenvalue weighted by Gasteiger charge is -1.96. The molecule has 0 atom stereocenters. The van der Waals surface area contributed by atoms with Gasteiger partial charge in [-0.1, -0.05) is 48.9 Å². The van der Waals surface area contributed by atoms with Crippen molar-refractivity contribution in [2.24, 2.45) is 0 Å². The number of carbonyl (C=O) groups excluding carboxylic acids is 1. The van der Waals surface area contributed by atoms with E-state index >= 15 is 0 Å². The average molecular weight is 308 g/mol. The highest BCUT2D eigenvalue weighted by atomic mass is 35.5. The Morgan fingerprint density at radius 1 is 1.30 bits per heavy atom. The van der Waals surface area contributed by atoms with E-state index in [0.717, 1.165) is 10.6 Å². The molecule has 0 unspecified atom stereocenters. The maximum atomic E-state index is 11.7. The summed E-state index contributed by atoms with van der Waals surface area (Å²) in [6.07, 6.45) is 3.18. The molecule has 0 bridgehead atoms. The highest BCUT2D eigenvalue weighted by Crippen LogP contribution is 2.22. The van der Waals surface area contributed by atoms with Crippen molar-refractivity contribution in [3.8, 4) is 0 Å². The van der Waals surface area contributed by atoms with E-state index in [-0.39, 0.29) is 5.91 Å². The summed E-state index contributed by atoms with van der Waals surface area (Å²) < 4.78 is 0. The Bertz CT molecular complexity index is 620. The van der Waals surface area contributed by atoms with Crippen LogP contribution in [0.25, 0.3) is 6.08 Å². The number of anilines is 1. The molecule has 0 saturated carbocycles. The molecule has 1 aromatic carbocycles. The number of benzene rings is 1. The van der Waals surface area contributed by atoms with Crippen LogP contribution in [-0.4, -0.2) is 16.1 Å². The molecule has 1 aromatic heterocycles. The molecule has 0 aliphatic heterocycles. The summed E-state index contributed by atoms with van der Waals surface area (Å²) in [5.41, 5.74) is 0.907. The first-order valence-corrected chi connectivity index (χ1v) is 7.32. The van der Waals surface area contributed by atoms with Crippen LogP contribution in [0.5, 0.6) is 0 Å². The highest BCUT2D eigenvalue weighted by Gasteiger charge is 2.08. The van der Waals surface area contributed by atoms with Gasteiger partial charge in [-0.2, -0.15) is 0 Å². The molecule has 0 radical (unpaired) electrons. The predicted octanol–water partition coefficient (Wildman–Crippen LogP) is 3.97. The number of hydrogen-bond donors (Lipinski definition) is 1. The van der Waals surface area contributed by atoms with Gasteiger partial charge < -0.3 is 0 Å². The van der Waals surface area contributed by atoms with Crippen molar-refractivity contribution in [1.82, 2.24) is 10.2 Å². The zero-order valence-electron chi connectivity index (χ0n) is 11.1. The summed E-state index contributed by atoms with van der Waals surface area (Å²) in [6.45, 7) is 4.07. The number of carbonyl (C=O) groups is 1. The summed E-state index contributed by atoms with van der Waals surface area (Å²) in [5.74, 6) is 0.0779. The highest BCUT2D eigenvalue weighted by molar-refractivity contribution is 7.15. The molecule has 0 aliphatic rings. The van der Waals surface area contributed by atoms with Crippen molar-refractivity contribution < 1.29 is 4.79 Å². The van der Waals surface area contributed by atoms with E-state index in [4.69, 9.17) is 11.6 Å². The third kappa shape index (κ3) is 4.15. The maximum absolute atomic E-state index is 11.7. The van der Waals surface area contributed by atoms with Gasteiger partial charge in [-0.05, 0) is 23.8 Å². The van der Waals surface area contributed by atoms with Crippen molar-refractivity contribution in [2.45, 2.75) is 19.8 Å². The van der Waals surface area contributed by atoms with Crippen LogP contribution in [0, 0.1) is 0 Å². The van der Waals surface area contributed by atoms with Crippen LogP contribution in [0.2, 0.25) is 5.02 Å². The average Bonchev–Trinajstić information content (AvgIpc) is 2.87. The van der Waals surface area contributed by atoms with Gasteiger partial charge in [0.2, 0.25) is 11.0 Å². The Morgan fingerprint density at radius 2 is 2.00 bits per heavy atom. The Hall–Kier alpha value is -1.72. The molecule has 20 heavy (non-hydrogen) atoms. The molecule has 0 fully saturated rings. The van der Waals surface area contributed by atoms with Gasteiger partial charge in [0.05, 0.1) is 0 Å². The topological polar surface area (TPSA) is 54.9 Å². The fourth-order valence-electron chi connectivity index (χ4n) is 1.41. The summed E-state index contributed by atoms with van der Waals surface area (Å²) >= 11 is 7.18. The Morgan fingerprint density at radius 3 is 2.60 bits per heavy atom. The summed E-state index contributed by atoms with van der Waals surface area (Å²) in [4.78, 5) is 11.7. The lowest BCUT2D eigenvalue weighted by molar-refractivity contribution is -0.111. The normalized spacial score (nSPS) is 11.2. The second-order valence-corrected chi connectivity index (χ2v) is 5.92. The molecule has 2 aromatic rings. The Kier molecular flexibility index (Phi) is 4.87. The van der Waals surface area contributed by atoms with Crippen LogP contribution >= 0.6 is 22.9 Å². The van der Waals surface area contributed by atoms with Gasteiger partial charge in [0.15, 0.2) is 0 Å². The van der Waals surface area contributed by atoms with Crippen LogP contribution in [0.3, 0.4) is 0 Å². The van der Waals surface area contributed by atoms with Crippen LogP contribution in [0.1, 0.15) is 30.3 Å². The summed E-state index contributed by atoms with van der Waals surface area (Å²) in [6, 6.07) is 7.24. The molecular weight excluding hydrogens is 294 g/mol. The van der Waals surface area contributed by atoms with Crippen molar-refractivity contribution in [1.29, 1.82) is 0 Å². The molecule has 0 spiro atoms. The molecule has 1 amide bonds. The van der Waals surface area contributed by atoms with Crippen molar-refractivity contribution in [3.05, 3.63) is 45.9 Å². The lowest BCUT2D eigenvalue weighted by Crippen LogP contribution is -2.07. The second-order valence-electron chi connectivity index (χ2n) is 4.47. The standard InChI is InChI=1S/C14H14ClN3OS/c1-9(2)13-17-18-14(20-13)16-12(19)8-5-10-3-6-11(15)7-4-10/h3-9H,1-2H3,(H,16,18,19)/b8-5+. The number of amides is 1. The van der Waals surface area contributed by atoms with Gasteiger partial charge >= 0.3 is 0 Å². The number of rotatable bonds is 4. The molecule has 1 heterocycles. The zero-order valence-corrected chi connectivity index (χ0v) is 12.7. The fourth-order valence-corrected chi connectivity index (χ4v) is 2.29. The predicted molar refractivity (Wildman–Crippen MR) is 83.1 cm³/mol. The van der Waals surface area contributed by atoms with Crippen molar-refractivity contribution in [3.63, 3.8) is 0 Å². The molecule has 0 saturated heterocycles. The zero-order chi connectivity index (χ0) is 14.5. The van der Waals surface area contributed by atoms with Crippen LogP contribution in [0.4, 0.5) is 5.13 Å². The number of halogens is 1. The van der Waals surface area contributed by atoms with E-state index in [1.54, 1.807) is 18.2 Å². The van der Waals surface area contributed by atoms with Gasteiger partial charge in [0.25, 0.3) is 0 Å². The molecule has 104 valence electrons. The SMILES string of the molecule is CC(C)c1nnc(NC(=O)/C=C/c2ccc(Cl)cc2)s1. The van der Waals surface area contributed by atoms with Gasteiger partial charge in [0, 0.05) is 17.0 Å². The minimum absolute atomic E-state index is 0.230. The molecule has 0 aliphatic carbocycles. The third-order valence-electron chi connectivity index (χ3n) is 2.46. The molecule has 1 N–H and O–H groups in total. The molecule has 4 nitrogen and oxygen atoms in total. The van der Waals surface area contributed by atoms with E-state index < -0.39 is 0 Å².